The lowest BCUT2D eigenvalue weighted by Crippen LogP contribution is -2.00. The Hall–Kier alpha value is -6.10. The first-order chi connectivity index (χ1) is 20.8. The third-order valence-electron chi connectivity index (χ3n) is 8.19. The highest BCUT2D eigenvalue weighted by Crippen LogP contribution is 2.45. The second-order valence-corrected chi connectivity index (χ2v) is 10.4. The zero-order chi connectivity index (χ0) is 28.2. The van der Waals surface area contributed by atoms with E-state index in [1.807, 2.05) is 24.3 Å². The van der Waals surface area contributed by atoms with Crippen LogP contribution in [-0.2, 0) is 0 Å². The van der Waals surface area contributed by atoms with Crippen molar-refractivity contribution in [3.8, 4) is 34.6 Å². The maximum Gasteiger partial charge on any atom is 0.0998 e. The number of aromatic nitrogens is 2. The molecular formula is C38H22N4. The van der Waals surface area contributed by atoms with E-state index in [-0.39, 0.29) is 0 Å². The molecule has 0 aliphatic heterocycles. The van der Waals surface area contributed by atoms with Gasteiger partial charge in [-0.05, 0) is 60.7 Å². The van der Waals surface area contributed by atoms with Gasteiger partial charge < -0.3 is 9.13 Å². The molecule has 0 amide bonds. The Balaban J connectivity index is 1.63. The van der Waals surface area contributed by atoms with Crippen molar-refractivity contribution in [3.63, 3.8) is 0 Å². The van der Waals surface area contributed by atoms with Crippen LogP contribution in [-0.4, -0.2) is 9.13 Å². The molecule has 0 unspecified atom stereocenters. The normalized spacial score (nSPS) is 11.3. The molecule has 2 aromatic heterocycles. The topological polar surface area (TPSA) is 57.4 Å². The maximum absolute atomic E-state index is 10.3. The molecule has 42 heavy (non-hydrogen) atoms. The molecule has 0 saturated carbocycles. The number of hydrogen-bond acceptors (Lipinski definition) is 2. The first kappa shape index (κ1) is 23.8. The summed E-state index contributed by atoms with van der Waals surface area (Å²) >= 11 is 0. The van der Waals surface area contributed by atoms with Crippen molar-refractivity contribution < 1.29 is 0 Å². The van der Waals surface area contributed by atoms with E-state index in [2.05, 4.69) is 118 Å². The Morgan fingerprint density at radius 1 is 0.476 bits per heavy atom. The van der Waals surface area contributed by atoms with Gasteiger partial charge in [0, 0.05) is 38.4 Å². The second kappa shape index (κ2) is 9.24. The number of benzene rings is 6. The Morgan fingerprint density at radius 3 is 1.71 bits per heavy atom. The van der Waals surface area contributed by atoms with Crippen molar-refractivity contribution >= 4 is 43.6 Å². The van der Waals surface area contributed by atoms with Gasteiger partial charge in [-0.3, -0.25) is 0 Å². The van der Waals surface area contributed by atoms with Crippen molar-refractivity contribution in [2.24, 2.45) is 0 Å². The minimum absolute atomic E-state index is 0.515. The van der Waals surface area contributed by atoms with Crippen LogP contribution in [0.4, 0.5) is 0 Å². The molecule has 0 radical (unpaired) electrons. The highest BCUT2D eigenvalue weighted by Gasteiger charge is 2.23. The van der Waals surface area contributed by atoms with Gasteiger partial charge in [-0.2, -0.15) is 10.5 Å². The summed E-state index contributed by atoms with van der Waals surface area (Å²) in [5, 5.41) is 24.7. The van der Waals surface area contributed by atoms with E-state index in [1.54, 1.807) is 12.1 Å². The van der Waals surface area contributed by atoms with Crippen LogP contribution in [0.3, 0.4) is 0 Å². The highest BCUT2D eigenvalue weighted by atomic mass is 15.0. The molecule has 6 aromatic carbocycles. The smallest absolute Gasteiger partial charge is 0.0998 e. The molecule has 8 aromatic rings. The minimum atomic E-state index is 0.515. The molecule has 4 nitrogen and oxygen atoms in total. The second-order valence-electron chi connectivity index (χ2n) is 10.4. The fourth-order valence-electron chi connectivity index (χ4n) is 6.46. The summed E-state index contributed by atoms with van der Waals surface area (Å²) in [4.78, 5) is 0. The summed E-state index contributed by atoms with van der Waals surface area (Å²) in [5.41, 5.74) is 9.02. The maximum atomic E-state index is 10.3. The molecule has 0 fully saturated rings. The number of para-hydroxylation sites is 4. The summed E-state index contributed by atoms with van der Waals surface area (Å²) in [6, 6.07) is 50.0. The predicted molar refractivity (Wildman–Crippen MR) is 170 cm³/mol. The first-order valence-corrected chi connectivity index (χ1v) is 13.8. The van der Waals surface area contributed by atoms with Crippen molar-refractivity contribution in [2.45, 2.75) is 0 Å². The lowest BCUT2D eigenvalue weighted by molar-refractivity contribution is 1.17. The highest BCUT2D eigenvalue weighted by molar-refractivity contribution is 6.19. The molecule has 0 aliphatic rings. The van der Waals surface area contributed by atoms with Crippen LogP contribution in [0.1, 0.15) is 11.1 Å². The summed E-state index contributed by atoms with van der Waals surface area (Å²) in [6.45, 7) is 0. The van der Waals surface area contributed by atoms with E-state index in [1.165, 1.54) is 0 Å². The molecule has 194 valence electrons. The minimum Gasteiger partial charge on any atom is -0.309 e. The van der Waals surface area contributed by atoms with E-state index in [4.69, 9.17) is 0 Å². The molecule has 0 atom stereocenters. The van der Waals surface area contributed by atoms with Gasteiger partial charge in [0.05, 0.1) is 51.0 Å². The average Bonchev–Trinajstić information content (AvgIpc) is 3.57. The molecule has 0 bridgehead atoms. The van der Waals surface area contributed by atoms with Crippen LogP contribution in [0.15, 0.2) is 133 Å². The Kier molecular flexibility index (Phi) is 5.22. The summed E-state index contributed by atoms with van der Waals surface area (Å²) in [6.07, 6.45) is 0. The lowest BCUT2D eigenvalue weighted by Gasteiger charge is -2.17. The molecule has 0 saturated heterocycles. The van der Waals surface area contributed by atoms with Crippen LogP contribution >= 0.6 is 0 Å². The zero-order valence-electron chi connectivity index (χ0n) is 22.5. The fourth-order valence-corrected chi connectivity index (χ4v) is 6.46. The Morgan fingerprint density at radius 2 is 1.07 bits per heavy atom. The molecule has 0 N–H and O–H groups in total. The monoisotopic (exact) mass is 534 g/mol. The van der Waals surface area contributed by atoms with Crippen molar-refractivity contribution in [2.75, 3.05) is 0 Å². The molecule has 0 spiro atoms. The molecule has 2 heterocycles. The van der Waals surface area contributed by atoms with Crippen LogP contribution in [0.5, 0.6) is 0 Å². The van der Waals surface area contributed by atoms with Gasteiger partial charge in [-0.15, -0.1) is 0 Å². The summed E-state index contributed by atoms with van der Waals surface area (Å²) in [7, 11) is 0. The number of rotatable bonds is 3. The largest absolute Gasteiger partial charge is 0.309 e. The van der Waals surface area contributed by atoms with Crippen LogP contribution < -0.4 is 0 Å². The molecule has 4 heteroatoms. The number of nitriles is 2. The van der Waals surface area contributed by atoms with Gasteiger partial charge in [0.2, 0.25) is 0 Å². The predicted octanol–water partition coefficient (Wildman–Crippen LogP) is 9.29. The summed E-state index contributed by atoms with van der Waals surface area (Å²) < 4.78 is 4.58. The van der Waals surface area contributed by atoms with Crippen molar-refractivity contribution in [1.82, 2.24) is 9.13 Å². The molecule has 8 rings (SSSR count). The third-order valence-corrected chi connectivity index (χ3v) is 8.19. The Labute approximate surface area is 242 Å². The van der Waals surface area contributed by atoms with E-state index < -0.39 is 0 Å². The van der Waals surface area contributed by atoms with E-state index in [0.717, 1.165) is 66.1 Å². The van der Waals surface area contributed by atoms with Crippen LogP contribution in [0.25, 0.3) is 66.1 Å². The van der Waals surface area contributed by atoms with Gasteiger partial charge in [0.25, 0.3) is 0 Å². The number of fused-ring (bicyclic) bond motifs is 6. The van der Waals surface area contributed by atoms with E-state index in [0.29, 0.717) is 11.1 Å². The quantitative estimate of drug-likeness (QED) is 0.227. The molecular weight excluding hydrogens is 512 g/mol. The SMILES string of the molecule is N#Cc1ccc(C#N)c(-c2c(-n3c4ccccc4c4ccccc43)ccc3c2c2ccccc2n3-c2ccccc2)c1. The lowest BCUT2D eigenvalue weighted by atomic mass is 9.92. The number of hydrogen-bond donors (Lipinski definition) is 0. The van der Waals surface area contributed by atoms with Gasteiger partial charge in [0.15, 0.2) is 0 Å². The van der Waals surface area contributed by atoms with E-state index >= 15 is 0 Å². The van der Waals surface area contributed by atoms with Crippen molar-refractivity contribution in [3.05, 3.63) is 145 Å². The summed E-state index contributed by atoms with van der Waals surface area (Å²) in [5.74, 6) is 0. The van der Waals surface area contributed by atoms with E-state index in [9.17, 15) is 10.5 Å². The van der Waals surface area contributed by atoms with Crippen LogP contribution in [0, 0.1) is 22.7 Å². The third kappa shape index (κ3) is 3.33. The number of nitrogens with zero attached hydrogens (tertiary/aromatic N) is 4. The van der Waals surface area contributed by atoms with Crippen molar-refractivity contribution in [1.29, 1.82) is 10.5 Å². The van der Waals surface area contributed by atoms with Gasteiger partial charge in [0.1, 0.15) is 0 Å². The average molecular weight is 535 g/mol. The fraction of sp³-hybridized carbons (Fsp3) is 0. The van der Waals surface area contributed by atoms with Crippen LogP contribution in [0.2, 0.25) is 0 Å². The Bertz CT molecular complexity index is 2380. The first-order valence-electron chi connectivity index (χ1n) is 13.8. The van der Waals surface area contributed by atoms with Gasteiger partial charge in [-0.25, -0.2) is 0 Å². The van der Waals surface area contributed by atoms with Gasteiger partial charge in [-0.1, -0.05) is 72.8 Å². The standard InChI is InChI=1S/C38H22N4/c39-23-25-18-19-26(24-40)31(22-25)38-36(42-32-15-7-4-12-28(32)29-13-5-8-16-33(29)42)21-20-35-37(38)30-14-6-9-17-34(30)41(35)27-10-2-1-3-11-27/h1-22H. The zero-order valence-corrected chi connectivity index (χ0v) is 22.5. The van der Waals surface area contributed by atoms with Gasteiger partial charge >= 0.3 is 0 Å². The molecule has 0 aliphatic carbocycles.